The maximum atomic E-state index is 12.1. The normalized spacial score (nSPS) is 13.4. The first-order valence-corrected chi connectivity index (χ1v) is 11.6. The van der Waals surface area contributed by atoms with E-state index in [1.165, 1.54) is 32.1 Å². The van der Waals surface area contributed by atoms with Gasteiger partial charge >= 0.3 is 35.5 Å². The number of hydrogen-bond acceptors (Lipinski definition) is 6. The van der Waals surface area contributed by atoms with Crippen LogP contribution in [0.3, 0.4) is 0 Å². The molecule has 0 amide bonds. The zero-order valence-corrected chi connectivity index (χ0v) is 20.5. The monoisotopic (exact) mass is 430 g/mol. The van der Waals surface area contributed by atoms with Gasteiger partial charge in [0.25, 0.3) is 10.1 Å². The van der Waals surface area contributed by atoms with Crippen molar-refractivity contribution in [3.63, 3.8) is 0 Å². The quantitative estimate of drug-likeness (QED) is 0.149. The first kappa shape index (κ1) is 30.0. The zero-order valence-electron chi connectivity index (χ0n) is 17.7. The van der Waals surface area contributed by atoms with Crippen molar-refractivity contribution in [2.45, 2.75) is 109 Å². The number of carboxylic acids is 1. The molecule has 0 saturated carbocycles. The fourth-order valence-corrected chi connectivity index (χ4v) is 3.55. The average molecular weight is 431 g/mol. The second kappa shape index (κ2) is 17.7. The largest absolute Gasteiger partial charge is 1.00 e. The van der Waals surface area contributed by atoms with Crippen LogP contribution in [0.1, 0.15) is 97.3 Å². The molecule has 0 aliphatic carbocycles. The molecular formula is C19H35NaO7S. The summed E-state index contributed by atoms with van der Waals surface area (Å²) in [4.78, 5) is 22.7. The molecule has 1 N–H and O–H groups in total. The van der Waals surface area contributed by atoms with Gasteiger partial charge < -0.3 is 14.6 Å². The number of esters is 1. The summed E-state index contributed by atoms with van der Waals surface area (Å²) < 4.78 is 36.9. The van der Waals surface area contributed by atoms with E-state index in [9.17, 15) is 23.1 Å². The molecule has 0 radical (unpaired) electrons. The van der Waals surface area contributed by atoms with E-state index in [0.29, 0.717) is 12.8 Å². The third-order valence-corrected chi connectivity index (χ3v) is 5.59. The number of unbranched alkanes of at least 4 members (excludes halogenated alkanes) is 8. The fraction of sp³-hybridized carbons (Fsp3) is 0.895. The Hall–Kier alpha value is -0.150. The van der Waals surface area contributed by atoms with Crippen molar-refractivity contribution in [1.82, 2.24) is 0 Å². The van der Waals surface area contributed by atoms with Gasteiger partial charge in [-0.15, -0.1) is 0 Å². The summed E-state index contributed by atoms with van der Waals surface area (Å²) in [5.74, 6) is -2.95. The van der Waals surface area contributed by atoms with Gasteiger partial charge in [0.1, 0.15) is 6.10 Å². The van der Waals surface area contributed by atoms with Crippen LogP contribution < -0.4 is 34.7 Å². The van der Waals surface area contributed by atoms with Crippen LogP contribution in [0.4, 0.5) is 0 Å². The predicted octanol–water partition coefficient (Wildman–Crippen LogP) is 0.0196. The molecule has 0 spiro atoms. The molecule has 2 atom stereocenters. The summed E-state index contributed by atoms with van der Waals surface area (Å²) >= 11 is 0. The van der Waals surface area contributed by atoms with Crippen LogP contribution in [-0.4, -0.2) is 36.3 Å². The molecule has 0 rings (SSSR count). The van der Waals surface area contributed by atoms with E-state index in [4.69, 9.17) is 9.29 Å². The number of hydrogen-bond donors (Lipinski definition) is 1. The maximum absolute atomic E-state index is 12.1. The molecule has 0 aliphatic heterocycles. The van der Waals surface area contributed by atoms with Crippen LogP contribution >= 0.6 is 0 Å². The summed E-state index contributed by atoms with van der Waals surface area (Å²) in [7, 11) is -4.86. The molecule has 2 unspecified atom stereocenters. The summed E-state index contributed by atoms with van der Waals surface area (Å²) in [6.07, 6.45) is 10.4. The second-order valence-electron chi connectivity index (χ2n) is 7.04. The minimum Gasteiger partial charge on any atom is -0.550 e. The Balaban J connectivity index is 0. The Morgan fingerprint density at radius 1 is 0.893 bits per heavy atom. The number of carbonyl (C=O) groups is 2. The van der Waals surface area contributed by atoms with Gasteiger partial charge in [-0.25, -0.2) is 0 Å². The molecule has 0 aromatic heterocycles. The Labute approximate surface area is 192 Å². The van der Waals surface area contributed by atoms with E-state index in [0.717, 1.165) is 32.1 Å². The molecule has 0 aliphatic rings. The van der Waals surface area contributed by atoms with Gasteiger partial charge in [0, 0.05) is 12.4 Å². The van der Waals surface area contributed by atoms with E-state index >= 15 is 0 Å². The van der Waals surface area contributed by atoms with Gasteiger partial charge in [0.15, 0.2) is 5.25 Å². The summed E-state index contributed by atoms with van der Waals surface area (Å²) in [5, 5.41) is 8.53. The average Bonchev–Trinajstić information content (AvgIpc) is 2.58. The van der Waals surface area contributed by atoms with Gasteiger partial charge in [0.05, 0.1) is 0 Å². The van der Waals surface area contributed by atoms with Crippen molar-refractivity contribution < 1.29 is 62.0 Å². The molecule has 0 aromatic rings. The molecule has 0 heterocycles. The fourth-order valence-electron chi connectivity index (χ4n) is 2.90. The Bertz CT molecular complexity index is 522. The molecule has 0 bridgehead atoms. The molecule has 7 nitrogen and oxygen atoms in total. The van der Waals surface area contributed by atoms with Crippen molar-refractivity contribution >= 4 is 22.1 Å². The number of ether oxygens (including phenoxy) is 1. The maximum Gasteiger partial charge on any atom is 1.00 e. The molecule has 28 heavy (non-hydrogen) atoms. The van der Waals surface area contributed by atoms with E-state index in [1.54, 1.807) is 0 Å². The van der Waals surface area contributed by atoms with E-state index in [2.05, 4.69) is 6.92 Å². The van der Waals surface area contributed by atoms with E-state index in [-0.39, 0.29) is 29.6 Å². The second-order valence-corrected chi connectivity index (χ2v) is 8.64. The Morgan fingerprint density at radius 3 is 1.82 bits per heavy atom. The molecule has 9 heteroatoms. The number of carbonyl (C=O) groups excluding carboxylic acids is 2. The van der Waals surface area contributed by atoms with Crippen molar-refractivity contribution in [3.8, 4) is 0 Å². The van der Waals surface area contributed by atoms with Crippen LogP contribution in [0.15, 0.2) is 0 Å². The molecular weight excluding hydrogens is 395 g/mol. The van der Waals surface area contributed by atoms with Crippen molar-refractivity contribution in [2.75, 3.05) is 0 Å². The molecule has 0 saturated heterocycles. The van der Waals surface area contributed by atoms with Gasteiger partial charge in [-0.3, -0.25) is 9.35 Å². The first-order valence-electron chi connectivity index (χ1n) is 10.1. The topological polar surface area (TPSA) is 121 Å². The smallest absolute Gasteiger partial charge is 0.550 e. The summed E-state index contributed by atoms with van der Waals surface area (Å²) in [6, 6.07) is 0. The molecule has 0 fully saturated rings. The third kappa shape index (κ3) is 15.7. The minimum atomic E-state index is -4.86. The van der Waals surface area contributed by atoms with Crippen LogP contribution in [0.25, 0.3) is 0 Å². The first-order chi connectivity index (χ1) is 12.7. The minimum absolute atomic E-state index is 0. The number of carboxylic acid groups (broad SMARTS) is 1. The molecule has 0 aromatic carbocycles. The van der Waals surface area contributed by atoms with Gasteiger partial charge in [-0.05, 0) is 19.3 Å². The summed E-state index contributed by atoms with van der Waals surface area (Å²) in [5.41, 5.74) is 0. The predicted molar refractivity (Wildman–Crippen MR) is 102 cm³/mol. The van der Waals surface area contributed by atoms with Crippen molar-refractivity contribution in [1.29, 1.82) is 0 Å². The van der Waals surface area contributed by atoms with Gasteiger partial charge in [-0.2, -0.15) is 8.42 Å². The number of aliphatic carboxylic acids is 1. The zero-order chi connectivity index (χ0) is 20.7. The third-order valence-electron chi connectivity index (χ3n) is 4.52. The number of rotatable bonds is 17. The van der Waals surface area contributed by atoms with E-state index < -0.39 is 39.8 Å². The Morgan fingerprint density at radius 2 is 1.36 bits per heavy atom. The van der Waals surface area contributed by atoms with Crippen molar-refractivity contribution in [3.05, 3.63) is 0 Å². The van der Waals surface area contributed by atoms with Gasteiger partial charge in [0.2, 0.25) is 0 Å². The SMILES string of the molecule is CCCCCCCCCCC(CCCC)OC(=O)C(CC(=O)[O-])S(=O)(=O)O.[Na+]. The molecule has 160 valence electrons. The van der Waals surface area contributed by atoms with Crippen LogP contribution in [0.2, 0.25) is 0 Å². The van der Waals surface area contributed by atoms with Crippen LogP contribution in [0, 0.1) is 0 Å². The summed E-state index contributed by atoms with van der Waals surface area (Å²) in [6.45, 7) is 4.17. The van der Waals surface area contributed by atoms with Crippen molar-refractivity contribution in [2.24, 2.45) is 0 Å². The standard InChI is InChI=1S/C19H36O7S.Na/c1-3-5-7-8-9-10-11-12-14-16(13-6-4-2)26-19(22)17(15-18(20)21)27(23,24)25;/h16-17H,3-15H2,1-2H3,(H,20,21)(H,23,24,25);/q;+1/p-1. The van der Waals surface area contributed by atoms with Gasteiger partial charge in [-0.1, -0.05) is 71.6 Å². The van der Waals surface area contributed by atoms with E-state index in [1.807, 2.05) is 6.92 Å². The van der Waals surface area contributed by atoms with Crippen LogP contribution in [-0.2, 0) is 24.4 Å². The van der Waals surface area contributed by atoms with Crippen LogP contribution in [0.5, 0.6) is 0 Å². The Kier molecular flexibility index (Phi) is 19.0.